The Morgan fingerprint density at radius 3 is 1.62 bits per heavy atom. The van der Waals surface area contributed by atoms with E-state index in [9.17, 15) is 22.8 Å². The molecule has 73 heavy (non-hydrogen) atoms. The fourth-order valence-corrected chi connectivity index (χ4v) is 8.66. The molecule has 0 aliphatic carbocycles. The minimum absolute atomic E-state index is 0.0134. The van der Waals surface area contributed by atoms with Crippen LogP contribution < -0.4 is 16.4 Å². The van der Waals surface area contributed by atoms with Crippen molar-refractivity contribution in [1.29, 1.82) is 0 Å². The minimum Gasteiger partial charge on any atom is -0.497 e. The average molecular weight is 1050 g/mol. The van der Waals surface area contributed by atoms with Crippen molar-refractivity contribution in [2.24, 2.45) is 22.6 Å². The van der Waals surface area contributed by atoms with Crippen molar-refractivity contribution in [3.8, 4) is 11.1 Å². The van der Waals surface area contributed by atoms with Crippen molar-refractivity contribution < 1.29 is 80.0 Å². The van der Waals surface area contributed by atoms with Crippen molar-refractivity contribution in [2.75, 3.05) is 165 Å². The maximum Gasteiger partial charge on any atom is 0.305 e. The van der Waals surface area contributed by atoms with Crippen molar-refractivity contribution >= 4 is 45.4 Å². The number of carbonyl (C=O) groups excluding carboxylic acids is 2. The lowest BCUT2D eigenvalue weighted by molar-refractivity contribution is -0.138. The number of benzene rings is 2. The van der Waals surface area contributed by atoms with Crippen molar-refractivity contribution in [2.45, 2.75) is 38.0 Å². The van der Waals surface area contributed by atoms with E-state index in [4.69, 9.17) is 62.9 Å². The molecule has 410 valence electrons. The molecule has 2 aliphatic rings. The number of carbonyl (C=O) groups is 3. The van der Waals surface area contributed by atoms with Gasteiger partial charge >= 0.3 is 5.97 Å². The van der Waals surface area contributed by atoms with Gasteiger partial charge in [0.15, 0.2) is 5.92 Å². The van der Waals surface area contributed by atoms with Crippen LogP contribution in [0.1, 0.15) is 38.7 Å². The van der Waals surface area contributed by atoms with Gasteiger partial charge in [-0.15, -0.1) is 0 Å². The monoisotopic (exact) mass is 1050 g/mol. The van der Waals surface area contributed by atoms with Gasteiger partial charge in [-0.3, -0.25) is 14.4 Å². The number of aliphatic imine (C=N–C) groups is 1. The summed E-state index contributed by atoms with van der Waals surface area (Å²) in [5.74, 6) is -1.72. The number of ether oxygens (including phenoxy) is 11. The van der Waals surface area contributed by atoms with Crippen LogP contribution in [0.3, 0.4) is 0 Å². The molecule has 23 heteroatoms. The maximum absolute atomic E-state index is 13.6. The fraction of sp³-hybridized carbons (Fsp3) is 0.640. The predicted octanol–water partition coefficient (Wildman–Crippen LogP) is 2.64. The van der Waals surface area contributed by atoms with E-state index >= 15 is 0 Å². The van der Waals surface area contributed by atoms with Crippen LogP contribution in [0.4, 0.5) is 5.69 Å². The summed E-state index contributed by atoms with van der Waals surface area (Å²) in [6.45, 7) is 13.5. The molecule has 5 N–H and O–H groups in total. The summed E-state index contributed by atoms with van der Waals surface area (Å²) in [4.78, 5) is 40.6. The van der Waals surface area contributed by atoms with Gasteiger partial charge in [0.05, 0.1) is 156 Å². The van der Waals surface area contributed by atoms with Crippen LogP contribution in [-0.2, 0) is 76.5 Å². The summed E-state index contributed by atoms with van der Waals surface area (Å²) in [6.07, 6.45) is 2.70. The van der Waals surface area contributed by atoms with Gasteiger partial charge in [0.1, 0.15) is 11.6 Å². The van der Waals surface area contributed by atoms with Crippen LogP contribution in [0.5, 0.6) is 0 Å². The predicted molar refractivity (Wildman–Crippen MR) is 270 cm³/mol. The molecule has 1 unspecified atom stereocenters. The summed E-state index contributed by atoms with van der Waals surface area (Å²) in [5, 5.41) is 14.3. The standard InChI is InChI=1S/C50H77N5O17S/c1-3-12-52-50(59)48-45(72-4-2)35-42-9-8-41(34-44(42)54-49(48)51)40-6-5-7-43(33-40)73(60,61)55-37-39(38-55)36-53-46(56)10-13-62-15-17-64-19-21-66-23-25-68-27-29-70-31-32-71-30-28-69-26-24-67-22-20-65-18-16-63-14-11-47(57)58/h5-9,33-35,39,48H,3-4,10-32,36-38H2,1-2H3,(H2,51,54)(H,52,59)(H,53,56)(H,57,58). The van der Waals surface area contributed by atoms with Crippen LogP contribution in [0.2, 0.25) is 0 Å². The molecule has 2 aliphatic heterocycles. The van der Waals surface area contributed by atoms with Crippen LogP contribution in [-0.4, -0.2) is 206 Å². The van der Waals surface area contributed by atoms with E-state index in [1.807, 2.05) is 38.1 Å². The van der Waals surface area contributed by atoms with E-state index in [-0.39, 0.29) is 67.6 Å². The summed E-state index contributed by atoms with van der Waals surface area (Å²) < 4.78 is 88.8. The van der Waals surface area contributed by atoms with E-state index < -0.39 is 21.9 Å². The number of nitrogens with zero attached hydrogens (tertiary/aromatic N) is 2. The molecule has 2 heterocycles. The van der Waals surface area contributed by atoms with E-state index in [0.29, 0.717) is 156 Å². The smallest absolute Gasteiger partial charge is 0.305 e. The van der Waals surface area contributed by atoms with Gasteiger partial charge in [-0.1, -0.05) is 31.2 Å². The molecule has 1 atom stereocenters. The number of hydrogen-bond donors (Lipinski definition) is 4. The number of nitrogens with two attached hydrogens (primary N) is 1. The molecule has 0 spiro atoms. The largest absolute Gasteiger partial charge is 0.497 e. The zero-order valence-corrected chi connectivity index (χ0v) is 43.2. The number of sulfonamides is 1. The topological polar surface area (TPSA) is 273 Å². The molecular weight excluding hydrogens is 975 g/mol. The zero-order valence-electron chi connectivity index (χ0n) is 42.4. The highest BCUT2D eigenvalue weighted by Gasteiger charge is 2.37. The molecule has 0 bridgehead atoms. The number of aliphatic carboxylic acids is 1. The lowest BCUT2D eigenvalue weighted by Crippen LogP contribution is -2.53. The van der Waals surface area contributed by atoms with Crippen molar-refractivity contribution in [3.05, 3.63) is 53.8 Å². The normalized spacial score (nSPS) is 15.0. The van der Waals surface area contributed by atoms with Crippen LogP contribution in [0, 0.1) is 11.8 Å². The molecule has 2 aromatic carbocycles. The molecule has 1 saturated heterocycles. The second-order valence-electron chi connectivity index (χ2n) is 16.6. The number of fused-ring (bicyclic) bond motifs is 1. The number of amidine groups is 1. The number of hydrogen-bond acceptors (Lipinski definition) is 18. The Bertz CT molecular complexity index is 2090. The van der Waals surface area contributed by atoms with E-state index in [1.165, 1.54) is 4.31 Å². The third kappa shape index (κ3) is 24.1. The second-order valence-corrected chi connectivity index (χ2v) is 18.5. The van der Waals surface area contributed by atoms with Crippen LogP contribution >= 0.6 is 0 Å². The lowest BCUT2D eigenvalue weighted by atomic mass is 10.0. The average Bonchev–Trinajstić information content (AvgIpc) is 3.50. The fourth-order valence-electron chi connectivity index (χ4n) is 7.02. The van der Waals surface area contributed by atoms with E-state index in [0.717, 1.165) is 17.5 Å². The first-order valence-corrected chi connectivity index (χ1v) is 26.4. The third-order valence-electron chi connectivity index (χ3n) is 10.9. The lowest BCUT2D eigenvalue weighted by Gasteiger charge is -2.38. The molecule has 0 saturated carbocycles. The Kier molecular flexibility index (Phi) is 30.3. The Morgan fingerprint density at radius 2 is 1.14 bits per heavy atom. The van der Waals surface area contributed by atoms with Gasteiger partial charge in [0, 0.05) is 44.1 Å². The quantitative estimate of drug-likeness (QED) is 0.0695. The molecule has 4 rings (SSSR count). The third-order valence-corrected chi connectivity index (χ3v) is 12.7. The minimum atomic E-state index is -3.79. The number of amides is 2. The first kappa shape index (κ1) is 60.9. The summed E-state index contributed by atoms with van der Waals surface area (Å²) in [5.41, 5.74) is 9.05. The Morgan fingerprint density at radius 1 is 0.658 bits per heavy atom. The number of nitrogens with one attached hydrogen (secondary N) is 2. The summed E-state index contributed by atoms with van der Waals surface area (Å²) in [6, 6.07) is 12.3. The zero-order chi connectivity index (χ0) is 52.4. The highest BCUT2D eigenvalue weighted by Crippen LogP contribution is 2.35. The van der Waals surface area contributed by atoms with E-state index in [2.05, 4.69) is 15.6 Å². The molecule has 0 radical (unpaired) electrons. The van der Waals surface area contributed by atoms with Crippen LogP contribution in [0.25, 0.3) is 17.2 Å². The molecular formula is C50H77N5O17S. The van der Waals surface area contributed by atoms with Gasteiger partial charge in [0.25, 0.3) is 0 Å². The Balaban J connectivity index is 0.935. The van der Waals surface area contributed by atoms with Crippen molar-refractivity contribution in [3.63, 3.8) is 0 Å². The highest BCUT2D eigenvalue weighted by molar-refractivity contribution is 7.89. The van der Waals surface area contributed by atoms with Gasteiger partial charge in [-0.05, 0) is 48.7 Å². The Hall–Kier alpha value is -4.63. The maximum atomic E-state index is 13.6. The van der Waals surface area contributed by atoms with Crippen LogP contribution in [0.15, 0.2) is 58.1 Å². The van der Waals surface area contributed by atoms with Crippen molar-refractivity contribution in [1.82, 2.24) is 14.9 Å². The molecule has 2 amide bonds. The number of carboxylic acids is 1. The molecule has 2 aromatic rings. The van der Waals surface area contributed by atoms with E-state index in [1.54, 1.807) is 24.3 Å². The first-order valence-electron chi connectivity index (χ1n) is 25.0. The molecule has 0 aromatic heterocycles. The SMILES string of the molecule is CCCNC(=O)C1C(OCC)=Cc2ccc(-c3cccc(S(=O)(=O)N4CC(CNC(=O)CCOCCOCCOCCOCCOCCOCCOCCOCCOCCOCCC(=O)O)C4)c3)cc2N=C1N. The van der Waals surface area contributed by atoms with Gasteiger partial charge in [0.2, 0.25) is 21.8 Å². The highest BCUT2D eigenvalue weighted by atomic mass is 32.2. The summed E-state index contributed by atoms with van der Waals surface area (Å²) in [7, 11) is -3.79. The van der Waals surface area contributed by atoms with Gasteiger partial charge < -0.3 is 73.6 Å². The Labute approximate surface area is 429 Å². The van der Waals surface area contributed by atoms with Gasteiger partial charge in [-0.25, -0.2) is 13.4 Å². The molecule has 22 nitrogen and oxygen atoms in total. The number of carboxylic acid groups (broad SMARTS) is 1. The first-order chi connectivity index (χ1) is 35.5. The second kappa shape index (κ2) is 36.3. The van der Waals surface area contributed by atoms with Gasteiger partial charge in [-0.2, -0.15) is 4.31 Å². The summed E-state index contributed by atoms with van der Waals surface area (Å²) >= 11 is 0. The number of rotatable bonds is 43. The molecule has 1 fully saturated rings.